The van der Waals surface area contributed by atoms with E-state index in [1.165, 1.54) is 0 Å². The Kier molecular flexibility index (Phi) is 5.02. The Morgan fingerprint density at radius 3 is 3.00 bits per heavy atom. The maximum atomic E-state index is 11.8. The van der Waals surface area contributed by atoms with Gasteiger partial charge < -0.3 is 14.8 Å². The summed E-state index contributed by atoms with van der Waals surface area (Å²) in [5.74, 6) is -0.0273. The molecule has 1 rings (SSSR count). The van der Waals surface area contributed by atoms with Crippen molar-refractivity contribution in [2.75, 3.05) is 26.9 Å². The number of rotatable bonds is 5. The third kappa shape index (κ3) is 3.74. The Bertz CT molecular complexity index is 217. The SMILES string of the molecule is COCC(Br)CNC(=O)C1(C)CCCO1. The molecule has 0 spiro atoms. The molecule has 0 saturated carbocycles. The lowest BCUT2D eigenvalue weighted by Gasteiger charge is -2.22. The number of amides is 1. The van der Waals surface area contributed by atoms with Crippen LogP contribution in [0.1, 0.15) is 19.8 Å². The van der Waals surface area contributed by atoms with Gasteiger partial charge in [0.05, 0.1) is 11.4 Å². The zero-order valence-electron chi connectivity index (χ0n) is 9.22. The first-order valence-corrected chi connectivity index (χ1v) is 6.05. The lowest BCUT2D eigenvalue weighted by molar-refractivity contribution is -0.139. The van der Waals surface area contributed by atoms with Crippen LogP contribution in [0.5, 0.6) is 0 Å². The third-order valence-electron chi connectivity index (χ3n) is 2.53. The smallest absolute Gasteiger partial charge is 0.252 e. The number of hydrogen-bond acceptors (Lipinski definition) is 3. The number of carbonyl (C=O) groups excluding carboxylic acids is 1. The molecule has 0 aromatic heterocycles. The van der Waals surface area contributed by atoms with E-state index in [-0.39, 0.29) is 10.7 Å². The van der Waals surface area contributed by atoms with Crippen molar-refractivity contribution in [3.63, 3.8) is 0 Å². The molecule has 5 heteroatoms. The first-order chi connectivity index (χ1) is 7.08. The molecule has 0 bridgehead atoms. The predicted molar refractivity (Wildman–Crippen MR) is 61.2 cm³/mol. The molecule has 0 aromatic rings. The molecule has 1 heterocycles. The Labute approximate surface area is 98.8 Å². The second-order valence-electron chi connectivity index (χ2n) is 3.95. The molecular formula is C10H18BrNO3. The topological polar surface area (TPSA) is 47.6 Å². The van der Waals surface area contributed by atoms with Crippen molar-refractivity contribution >= 4 is 21.8 Å². The Hall–Kier alpha value is -0.130. The Morgan fingerprint density at radius 2 is 2.47 bits per heavy atom. The lowest BCUT2D eigenvalue weighted by Crippen LogP contribution is -2.46. The minimum atomic E-state index is -0.625. The van der Waals surface area contributed by atoms with Gasteiger partial charge in [0.2, 0.25) is 0 Å². The maximum Gasteiger partial charge on any atom is 0.252 e. The van der Waals surface area contributed by atoms with Crippen molar-refractivity contribution in [1.82, 2.24) is 5.32 Å². The van der Waals surface area contributed by atoms with Crippen LogP contribution in [0, 0.1) is 0 Å². The fourth-order valence-electron chi connectivity index (χ4n) is 1.59. The highest BCUT2D eigenvalue weighted by Gasteiger charge is 2.37. The number of hydrogen-bond donors (Lipinski definition) is 1. The third-order valence-corrected chi connectivity index (χ3v) is 3.12. The van der Waals surface area contributed by atoms with Crippen molar-refractivity contribution in [3.8, 4) is 0 Å². The van der Waals surface area contributed by atoms with E-state index in [1.807, 2.05) is 6.92 Å². The summed E-state index contributed by atoms with van der Waals surface area (Å²) < 4.78 is 10.4. The van der Waals surface area contributed by atoms with Gasteiger partial charge in [-0.25, -0.2) is 0 Å². The van der Waals surface area contributed by atoms with E-state index in [9.17, 15) is 4.79 Å². The molecule has 1 amide bonds. The van der Waals surface area contributed by atoms with Crippen molar-refractivity contribution < 1.29 is 14.3 Å². The summed E-state index contributed by atoms with van der Waals surface area (Å²) in [7, 11) is 1.64. The summed E-state index contributed by atoms with van der Waals surface area (Å²) in [5.41, 5.74) is -0.625. The average molecular weight is 280 g/mol. The number of alkyl halides is 1. The minimum Gasteiger partial charge on any atom is -0.383 e. The van der Waals surface area contributed by atoms with Crippen LogP contribution in [-0.2, 0) is 14.3 Å². The molecule has 1 fully saturated rings. The largest absolute Gasteiger partial charge is 0.383 e. The fraction of sp³-hybridized carbons (Fsp3) is 0.900. The summed E-state index contributed by atoms with van der Waals surface area (Å²) >= 11 is 3.41. The zero-order valence-corrected chi connectivity index (χ0v) is 10.8. The molecule has 4 nitrogen and oxygen atoms in total. The molecule has 0 aliphatic carbocycles. The van der Waals surface area contributed by atoms with Gasteiger partial charge in [0.15, 0.2) is 0 Å². The van der Waals surface area contributed by atoms with Gasteiger partial charge in [0, 0.05) is 20.3 Å². The Balaban J connectivity index is 2.29. The van der Waals surface area contributed by atoms with Crippen molar-refractivity contribution in [2.24, 2.45) is 0 Å². The van der Waals surface area contributed by atoms with E-state index in [2.05, 4.69) is 21.2 Å². The van der Waals surface area contributed by atoms with Gasteiger partial charge in [-0.15, -0.1) is 0 Å². The van der Waals surface area contributed by atoms with Crippen LogP contribution in [0.25, 0.3) is 0 Å². The van der Waals surface area contributed by atoms with E-state index in [1.54, 1.807) is 7.11 Å². The summed E-state index contributed by atoms with van der Waals surface area (Å²) in [6.07, 6.45) is 1.76. The minimum absolute atomic E-state index is 0.0273. The highest BCUT2D eigenvalue weighted by atomic mass is 79.9. The van der Waals surface area contributed by atoms with E-state index in [0.717, 1.165) is 12.8 Å². The molecule has 0 radical (unpaired) electrons. The van der Waals surface area contributed by atoms with E-state index < -0.39 is 5.60 Å². The van der Waals surface area contributed by atoms with Gasteiger partial charge >= 0.3 is 0 Å². The first kappa shape index (κ1) is 12.9. The first-order valence-electron chi connectivity index (χ1n) is 5.14. The second-order valence-corrected chi connectivity index (χ2v) is 5.24. The van der Waals surface area contributed by atoms with Crippen molar-refractivity contribution in [3.05, 3.63) is 0 Å². The van der Waals surface area contributed by atoms with Gasteiger partial charge in [-0.3, -0.25) is 4.79 Å². The highest BCUT2D eigenvalue weighted by molar-refractivity contribution is 9.09. The lowest BCUT2D eigenvalue weighted by atomic mass is 10.0. The van der Waals surface area contributed by atoms with Crippen LogP contribution in [0.4, 0.5) is 0 Å². The molecule has 15 heavy (non-hydrogen) atoms. The monoisotopic (exact) mass is 279 g/mol. The number of nitrogens with one attached hydrogen (secondary N) is 1. The van der Waals surface area contributed by atoms with Gasteiger partial charge in [-0.05, 0) is 19.8 Å². The highest BCUT2D eigenvalue weighted by Crippen LogP contribution is 2.24. The molecule has 1 aliphatic heterocycles. The number of ether oxygens (including phenoxy) is 2. The molecule has 0 aromatic carbocycles. The van der Waals surface area contributed by atoms with Gasteiger partial charge in [-0.2, -0.15) is 0 Å². The predicted octanol–water partition coefficient (Wildman–Crippen LogP) is 1.08. The molecule has 88 valence electrons. The van der Waals surface area contributed by atoms with Gasteiger partial charge in [-0.1, -0.05) is 15.9 Å². The number of carbonyl (C=O) groups is 1. The van der Waals surface area contributed by atoms with Crippen LogP contribution < -0.4 is 5.32 Å². The summed E-state index contributed by atoms with van der Waals surface area (Å²) in [5, 5.41) is 2.86. The van der Waals surface area contributed by atoms with Crippen LogP contribution in [-0.4, -0.2) is 43.2 Å². The van der Waals surface area contributed by atoms with E-state index in [4.69, 9.17) is 9.47 Å². The second kappa shape index (κ2) is 5.82. The molecular weight excluding hydrogens is 262 g/mol. The van der Waals surface area contributed by atoms with Crippen molar-refractivity contribution in [2.45, 2.75) is 30.2 Å². The fourth-order valence-corrected chi connectivity index (χ4v) is 2.01. The van der Waals surface area contributed by atoms with Gasteiger partial charge in [0.25, 0.3) is 5.91 Å². The molecule has 2 atom stereocenters. The summed E-state index contributed by atoms with van der Waals surface area (Å²) in [6, 6.07) is 0. The summed E-state index contributed by atoms with van der Waals surface area (Å²) in [6.45, 7) is 3.66. The van der Waals surface area contributed by atoms with Crippen LogP contribution in [0.15, 0.2) is 0 Å². The van der Waals surface area contributed by atoms with E-state index in [0.29, 0.717) is 19.8 Å². The normalized spacial score (nSPS) is 27.7. The average Bonchev–Trinajstić information content (AvgIpc) is 2.63. The maximum absolute atomic E-state index is 11.8. The molecule has 2 unspecified atom stereocenters. The van der Waals surface area contributed by atoms with E-state index >= 15 is 0 Å². The number of methoxy groups -OCH3 is 1. The summed E-state index contributed by atoms with van der Waals surface area (Å²) in [4.78, 5) is 11.9. The van der Waals surface area contributed by atoms with Crippen LogP contribution in [0.3, 0.4) is 0 Å². The Morgan fingerprint density at radius 1 is 1.73 bits per heavy atom. The molecule has 1 aliphatic rings. The van der Waals surface area contributed by atoms with Crippen molar-refractivity contribution in [1.29, 1.82) is 0 Å². The molecule has 1 N–H and O–H groups in total. The quantitative estimate of drug-likeness (QED) is 0.767. The van der Waals surface area contributed by atoms with Gasteiger partial charge in [0.1, 0.15) is 5.60 Å². The zero-order chi connectivity index (χ0) is 11.3. The number of halogens is 1. The standard InChI is InChI=1S/C10H18BrNO3/c1-10(4-3-5-15-10)9(13)12-6-8(11)7-14-2/h8H,3-7H2,1-2H3,(H,12,13). The van der Waals surface area contributed by atoms with Crippen LogP contribution in [0.2, 0.25) is 0 Å². The van der Waals surface area contributed by atoms with Crippen LogP contribution >= 0.6 is 15.9 Å². The molecule has 1 saturated heterocycles.